The minimum absolute atomic E-state index is 0.240. The molecule has 2 fully saturated rings. The summed E-state index contributed by atoms with van der Waals surface area (Å²) in [4.78, 5) is 30.4. The molecule has 4 rings (SSSR count). The summed E-state index contributed by atoms with van der Waals surface area (Å²) in [5, 5.41) is 1.49. The van der Waals surface area contributed by atoms with E-state index >= 15 is 0 Å². The number of hydrogen-bond donors (Lipinski definition) is 0. The highest BCUT2D eigenvalue weighted by Crippen LogP contribution is 2.40. The van der Waals surface area contributed by atoms with Crippen LogP contribution in [-0.4, -0.2) is 29.8 Å². The van der Waals surface area contributed by atoms with Gasteiger partial charge in [-0.15, -0.1) is 0 Å². The lowest BCUT2D eigenvalue weighted by atomic mass is 9.88. The van der Waals surface area contributed by atoms with Crippen LogP contribution < -0.4 is 0 Å². The summed E-state index contributed by atoms with van der Waals surface area (Å²) in [5.41, 5.74) is 3.70. The second kappa shape index (κ2) is 7.37. The molecule has 2 aromatic carbocycles. The third-order valence-corrected chi connectivity index (χ3v) is 6.07. The van der Waals surface area contributed by atoms with E-state index in [0.29, 0.717) is 13.0 Å². The summed E-state index contributed by atoms with van der Waals surface area (Å²) in [5.74, 6) is -1.60. The van der Waals surface area contributed by atoms with Crippen LogP contribution in [0, 0.1) is 13.8 Å². The predicted molar refractivity (Wildman–Crippen MR) is 101 cm³/mol. The van der Waals surface area contributed by atoms with Gasteiger partial charge in [-0.05, 0) is 49.9 Å². The zero-order valence-corrected chi connectivity index (χ0v) is 16.1. The lowest BCUT2D eigenvalue weighted by Gasteiger charge is -2.39. The lowest BCUT2D eigenvalue weighted by molar-refractivity contribution is -0.275. The van der Waals surface area contributed by atoms with E-state index in [1.165, 1.54) is 31.5 Å². The number of aryl methyl sites for hydroxylation is 2. The van der Waals surface area contributed by atoms with Crippen molar-refractivity contribution < 1.29 is 19.2 Å². The van der Waals surface area contributed by atoms with Gasteiger partial charge in [-0.3, -0.25) is 0 Å². The highest BCUT2D eigenvalue weighted by atomic mass is 32.2. The smallest absolute Gasteiger partial charge is 0.435 e. The number of rotatable bonds is 3. The first kappa shape index (κ1) is 18.1. The summed E-state index contributed by atoms with van der Waals surface area (Å²) in [7, 11) is 0. The molecule has 2 unspecified atom stereocenters. The summed E-state index contributed by atoms with van der Waals surface area (Å²) in [6.07, 6.45) is 0.947. The number of piperidine rings is 1. The van der Waals surface area contributed by atoms with Crippen molar-refractivity contribution in [3.63, 3.8) is 0 Å². The molecule has 2 aliphatic rings. The molecule has 2 aliphatic heterocycles. The van der Waals surface area contributed by atoms with Gasteiger partial charge in [0.2, 0.25) is 0 Å². The Morgan fingerprint density at radius 1 is 1.00 bits per heavy atom. The predicted octanol–water partition coefficient (Wildman–Crippen LogP) is 3.98. The number of esters is 1. The number of carbonyl (C=O) groups excluding carboxylic acids is 2. The molecule has 2 atom stereocenters. The third kappa shape index (κ3) is 3.87. The zero-order valence-electron chi connectivity index (χ0n) is 15.3. The molecule has 0 aliphatic carbocycles. The molecule has 0 N–H and O–H groups in total. The Morgan fingerprint density at radius 3 is 2.52 bits per heavy atom. The van der Waals surface area contributed by atoms with E-state index in [-0.39, 0.29) is 5.92 Å². The van der Waals surface area contributed by atoms with Crippen LogP contribution in [0.3, 0.4) is 0 Å². The molecular formula is C21H21NO4S. The van der Waals surface area contributed by atoms with Crippen molar-refractivity contribution in [2.75, 3.05) is 6.54 Å². The van der Waals surface area contributed by atoms with Crippen molar-refractivity contribution in [2.45, 2.75) is 48.6 Å². The zero-order chi connectivity index (χ0) is 19.0. The molecule has 2 heterocycles. The molecule has 140 valence electrons. The Balaban J connectivity index is 1.58. The normalized spacial score (nSPS) is 22.7. The summed E-state index contributed by atoms with van der Waals surface area (Å²) in [6, 6.07) is 15.0. The molecule has 0 aromatic heterocycles. The van der Waals surface area contributed by atoms with Crippen LogP contribution in [0.1, 0.15) is 35.4 Å². The van der Waals surface area contributed by atoms with Crippen LogP contribution in [0.15, 0.2) is 52.3 Å². The summed E-state index contributed by atoms with van der Waals surface area (Å²) >= 11 is 1.75. The molecule has 0 radical (unpaired) electrons. The highest BCUT2D eigenvalue weighted by molar-refractivity contribution is 7.99. The third-order valence-electron chi connectivity index (χ3n) is 4.97. The SMILES string of the molecule is Cc1ccc(Sc2ccc(C)cc2C2CCN3OC(=O)C(=O)OC3C2)cc1. The number of benzene rings is 2. The van der Waals surface area contributed by atoms with Gasteiger partial charge in [-0.25, -0.2) is 9.59 Å². The molecule has 0 amide bonds. The minimum Gasteiger partial charge on any atom is -0.435 e. The van der Waals surface area contributed by atoms with Crippen LogP contribution in [0.2, 0.25) is 0 Å². The Bertz CT molecular complexity index is 880. The standard InChI is InChI=1S/C21H21NO4S/c1-13-3-6-16(7-4-13)27-18-8-5-14(2)11-17(18)15-9-10-22-19(12-15)25-20(23)21(24)26-22/h3-8,11,15,19H,9-10,12H2,1-2H3. The van der Waals surface area contributed by atoms with Crippen molar-refractivity contribution in [3.8, 4) is 0 Å². The van der Waals surface area contributed by atoms with Gasteiger partial charge in [0.1, 0.15) is 0 Å². The minimum atomic E-state index is -0.934. The van der Waals surface area contributed by atoms with Crippen molar-refractivity contribution >= 4 is 23.7 Å². The first-order chi connectivity index (χ1) is 13.0. The van der Waals surface area contributed by atoms with Gasteiger partial charge in [0, 0.05) is 22.8 Å². The molecule has 5 nitrogen and oxygen atoms in total. The lowest BCUT2D eigenvalue weighted by Crippen LogP contribution is -2.51. The molecule has 2 aromatic rings. The maximum atomic E-state index is 11.6. The number of nitrogens with zero attached hydrogens (tertiary/aromatic N) is 1. The van der Waals surface area contributed by atoms with Crippen LogP contribution in [0.4, 0.5) is 0 Å². The Hall–Kier alpha value is -2.31. The van der Waals surface area contributed by atoms with E-state index in [9.17, 15) is 9.59 Å². The van der Waals surface area contributed by atoms with Crippen molar-refractivity contribution in [3.05, 3.63) is 59.2 Å². The average molecular weight is 383 g/mol. The first-order valence-electron chi connectivity index (χ1n) is 9.04. The topological polar surface area (TPSA) is 55.8 Å². The van der Waals surface area contributed by atoms with Crippen molar-refractivity contribution in [2.24, 2.45) is 0 Å². The molecule has 0 bridgehead atoms. The number of hydroxylamine groups is 2. The van der Waals surface area contributed by atoms with E-state index in [2.05, 4.69) is 56.3 Å². The highest BCUT2D eigenvalue weighted by Gasteiger charge is 2.41. The first-order valence-corrected chi connectivity index (χ1v) is 9.86. The van der Waals surface area contributed by atoms with Crippen LogP contribution in [-0.2, 0) is 19.2 Å². The van der Waals surface area contributed by atoms with Crippen LogP contribution in [0.5, 0.6) is 0 Å². The Kier molecular flexibility index (Phi) is 4.93. The van der Waals surface area contributed by atoms with Gasteiger partial charge >= 0.3 is 11.9 Å². The van der Waals surface area contributed by atoms with Crippen LogP contribution in [0.25, 0.3) is 0 Å². The average Bonchev–Trinajstić information content (AvgIpc) is 2.65. The second-order valence-corrected chi connectivity index (χ2v) is 8.17. The maximum Gasteiger partial charge on any atom is 0.436 e. The fourth-order valence-corrected chi connectivity index (χ4v) is 4.53. The summed E-state index contributed by atoms with van der Waals surface area (Å²) in [6.45, 7) is 4.72. The maximum absolute atomic E-state index is 11.6. The van der Waals surface area contributed by atoms with E-state index in [1.807, 2.05) is 0 Å². The Labute approximate surface area is 162 Å². The number of fused-ring (bicyclic) bond motifs is 1. The monoisotopic (exact) mass is 383 g/mol. The van der Waals surface area contributed by atoms with Gasteiger partial charge in [0.15, 0.2) is 6.23 Å². The van der Waals surface area contributed by atoms with Gasteiger partial charge in [0.25, 0.3) is 0 Å². The van der Waals surface area contributed by atoms with Gasteiger partial charge in [-0.2, -0.15) is 0 Å². The van der Waals surface area contributed by atoms with E-state index in [1.54, 1.807) is 11.8 Å². The quantitative estimate of drug-likeness (QED) is 0.590. The molecule has 2 saturated heterocycles. The van der Waals surface area contributed by atoms with Gasteiger partial charge in [-0.1, -0.05) is 52.2 Å². The van der Waals surface area contributed by atoms with E-state index in [4.69, 9.17) is 9.57 Å². The van der Waals surface area contributed by atoms with Gasteiger partial charge in [0.05, 0.1) is 0 Å². The molecule has 6 heteroatoms. The van der Waals surface area contributed by atoms with Crippen LogP contribution >= 0.6 is 11.8 Å². The van der Waals surface area contributed by atoms with E-state index < -0.39 is 18.2 Å². The summed E-state index contributed by atoms with van der Waals surface area (Å²) < 4.78 is 5.26. The fraction of sp³-hybridized carbons (Fsp3) is 0.333. The number of hydrogen-bond acceptors (Lipinski definition) is 6. The molecule has 27 heavy (non-hydrogen) atoms. The number of carbonyl (C=O) groups is 2. The fourth-order valence-electron chi connectivity index (χ4n) is 3.53. The second-order valence-electron chi connectivity index (χ2n) is 7.06. The van der Waals surface area contributed by atoms with Gasteiger partial charge < -0.3 is 9.57 Å². The largest absolute Gasteiger partial charge is 0.436 e. The molecule has 0 saturated carbocycles. The molecule has 0 spiro atoms. The van der Waals surface area contributed by atoms with E-state index in [0.717, 1.165) is 6.42 Å². The Morgan fingerprint density at radius 2 is 1.74 bits per heavy atom. The van der Waals surface area contributed by atoms with Crippen molar-refractivity contribution in [1.29, 1.82) is 0 Å². The molecular weight excluding hydrogens is 362 g/mol. The number of ether oxygens (including phenoxy) is 1. The van der Waals surface area contributed by atoms with Crippen molar-refractivity contribution in [1.82, 2.24) is 5.06 Å².